The topological polar surface area (TPSA) is 43.4 Å². The lowest BCUT2D eigenvalue weighted by atomic mass is 10.2. The van der Waals surface area contributed by atoms with Crippen molar-refractivity contribution < 1.29 is 14.3 Å². The molecule has 0 heterocycles. The predicted octanol–water partition coefficient (Wildman–Crippen LogP) is 1.70. The van der Waals surface area contributed by atoms with Gasteiger partial charge in [0, 0.05) is 6.42 Å². The average molecular weight is 172 g/mol. The third-order valence-electron chi connectivity index (χ3n) is 1.59. The van der Waals surface area contributed by atoms with E-state index >= 15 is 0 Å². The van der Waals surface area contributed by atoms with E-state index in [-0.39, 0.29) is 30.7 Å². The number of esters is 1. The number of carbonyl (C=O) groups is 2. The van der Waals surface area contributed by atoms with Crippen molar-refractivity contribution in [1.82, 2.24) is 0 Å². The third kappa shape index (κ3) is 5.89. The fourth-order valence-electron chi connectivity index (χ4n) is 0.645. The molecule has 0 fully saturated rings. The summed E-state index contributed by atoms with van der Waals surface area (Å²) < 4.78 is 4.96. The number of hydrogen-bond acceptors (Lipinski definition) is 3. The monoisotopic (exact) mass is 172 g/mol. The summed E-state index contributed by atoms with van der Waals surface area (Å²) in [6, 6.07) is 0. The maximum Gasteiger partial charge on any atom is 0.306 e. The molecule has 12 heavy (non-hydrogen) atoms. The number of hydrogen-bond donors (Lipinski definition) is 0. The summed E-state index contributed by atoms with van der Waals surface area (Å²) in [7, 11) is 0. The molecule has 0 spiro atoms. The van der Waals surface area contributed by atoms with Gasteiger partial charge in [-0.1, -0.05) is 6.92 Å². The maximum absolute atomic E-state index is 10.9. The van der Waals surface area contributed by atoms with Gasteiger partial charge in [0.25, 0.3) is 0 Å². The van der Waals surface area contributed by atoms with Crippen LogP contribution in [0.3, 0.4) is 0 Å². The van der Waals surface area contributed by atoms with Crippen molar-refractivity contribution in [2.75, 3.05) is 0 Å². The van der Waals surface area contributed by atoms with E-state index in [9.17, 15) is 9.59 Å². The molecule has 0 bridgehead atoms. The Morgan fingerprint density at radius 1 is 1.33 bits per heavy atom. The van der Waals surface area contributed by atoms with Crippen LogP contribution in [0.4, 0.5) is 0 Å². The van der Waals surface area contributed by atoms with E-state index in [1.54, 1.807) is 0 Å². The van der Waals surface area contributed by atoms with Crippen molar-refractivity contribution in [3.63, 3.8) is 0 Å². The molecule has 3 heteroatoms. The van der Waals surface area contributed by atoms with E-state index in [4.69, 9.17) is 4.74 Å². The number of carbonyl (C=O) groups excluding carboxylic acids is 2. The fourth-order valence-corrected chi connectivity index (χ4v) is 0.645. The van der Waals surface area contributed by atoms with Crippen LogP contribution in [-0.2, 0) is 14.3 Å². The molecule has 0 rings (SSSR count). The Morgan fingerprint density at radius 2 is 1.92 bits per heavy atom. The molecule has 1 atom stereocenters. The highest BCUT2D eigenvalue weighted by Crippen LogP contribution is 2.00. The van der Waals surface area contributed by atoms with Crippen molar-refractivity contribution >= 4 is 11.8 Å². The smallest absolute Gasteiger partial charge is 0.306 e. The highest BCUT2D eigenvalue weighted by Gasteiger charge is 2.07. The average Bonchev–Trinajstić information content (AvgIpc) is 2.00. The quantitative estimate of drug-likeness (QED) is 0.593. The molecule has 70 valence electrons. The van der Waals surface area contributed by atoms with Crippen molar-refractivity contribution in [2.24, 2.45) is 0 Å². The van der Waals surface area contributed by atoms with Gasteiger partial charge < -0.3 is 9.53 Å². The zero-order valence-corrected chi connectivity index (χ0v) is 7.92. The molecular formula is C9H16O3. The first-order chi connectivity index (χ1) is 5.56. The molecule has 3 nitrogen and oxygen atoms in total. The van der Waals surface area contributed by atoms with E-state index in [2.05, 4.69) is 0 Å². The predicted molar refractivity (Wildman–Crippen MR) is 45.8 cm³/mol. The summed E-state index contributed by atoms with van der Waals surface area (Å²) in [5, 5.41) is 0. The van der Waals surface area contributed by atoms with Crippen molar-refractivity contribution in [1.29, 1.82) is 0 Å². The molecule has 0 aromatic carbocycles. The SMILES string of the molecule is CC[C@H](C)OC(=O)CCC(C)=O. The number of ketones is 1. The molecule has 0 unspecified atom stereocenters. The van der Waals surface area contributed by atoms with Crippen LogP contribution < -0.4 is 0 Å². The molecule has 0 amide bonds. The van der Waals surface area contributed by atoms with Gasteiger partial charge in [-0.3, -0.25) is 4.79 Å². The number of Topliss-reactive ketones (excluding diaryl/α,β-unsaturated/α-hetero) is 1. The summed E-state index contributed by atoms with van der Waals surface area (Å²) in [6.07, 6.45) is 1.27. The molecule has 0 N–H and O–H groups in total. The minimum absolute atomic E-state index is 0.0242. The van der Waals surface area contributed by atoms with E-state index < -0.39 is 0 Å². The largest absolute Gasteiger partial charge is 0.463 e. The standard InChI is InChI=1S/C9H16O3/c1-4-8(3)12-9(11)6-5-7(2)10/h8H,4-6H2,1-3H3/t8-/m0/s1. The Hall–Kier alpha value is -0.860. The molecule has 0 saturated carbocycles. The van der Waals surface area contributed by atoms with E-state index in [1.807, 2.05) is 13.8 Å². The van der Waals surface area contributed by atoms with Crippen LogP contribution in [0, 0.1) is 0 Å². The third-order valence-corrected chi connectivity index (χ3v) is 1.59. The second-order valence-electron chi connectivity index (χ2n) is 2.91. The zero-order valence-electron chi connectivity index (χ0n) is 7.92. The van der Waals surface area contributed by atoms with E-state index in [0.29, 0.717) is 0 Å². The van der Waals surface area contributed by atoms with Gasteiger partial charge in [0.2, 0.25) is 0 Å². The van der Waals surface area contributed by atoms with Gasteiger partial charge in [0.15, 0.2) is 0 Å². The Labute approximate surface area is 73.1 Å². The van der Waals surface area contributed by atoms with Gasteiger partial charge in [0.05, 0.1) is 12.5 Å². The molecule has 0 aromatic heterocycles. The lowest BCUT2D eigenvalue weighted by Gasteiger charge is -2.09. The zero-order chi connectivity index (χ0) is 9.56. The summed E-state index contributed by atoms with van der Waals surface area (Å²) in [5.41, 5.74) is 0. The molecule has 0 aliphatic rings. The van der Waals surface area contributed by atoms with Gasteiger partial charge >= 0.3 is 5.97 Å². The van der Waals surface area contributed by atoms with Gasteiger partial charge in [0.1, 0.15) is 5.78 Å². The summed E-state index contributed by atoms with van der Waals surface area (Å²) in [4.78, 5) is 21.4. The van der Waals surface area contributed by atoms with Crippen molar-refractivity contribution in [3.8, 4) is 0 Å². The van der Waals surface area contributed by atoms with Crippen LogP contribution in [0.2, 0.25) is 0 Å². The van der Waals surface area contributed by atoms with E-state index in [0.717, 1.165) is 6.42 Å². The van der Waals surface area contributed by atoms with Crippen LogP contribution in [-0.4, -0.2) is 17.9 Å². The molecule has 0 saturated heterocycles. The first-order valence-electron chi connectivity index (χ1n) is 4.25. The lowest BCUT2D eigenvalue weighted by molar-refractivity contribution is -0.149. The molecule has 0 aliphatic carbocycles. The van der Waals surface area contributed by atoms with Crippen LogP contribution in [0.15, 0.2) is 0 Å². The fraction of sp³-hybridized carbons (Fsp3) is 0.778. The van der Waals surface area contributed by atoms with Gasteiger partial charge in [-0.25, -0.2) is 0 Å². The molecular weight excluding hydrogens is 156 g/mol. The summed E-state index contributed by atoms with van der Waals surface area (Å²) in [5.74, 6) is -0.254. The van der Waals surface area contributed by atoms with Gasteiger partial charge in [-0.05, 0) is 20.3 Å². The Kier molecular flexibility index (Phi) is 5.34. The van der Waals surface area contributed by atoms with Crippen LogP contribution in [0.1, 0.15) is 40.0 Å². The minimum Gasteiger partial charge on any atom is -0.463 e. The Bertz CT molecular complexity index is 163. The van der Waals surface area contributed by atoms with Crippen molar-refractivity contribution in [2.45, 2.75) is 46.1 Å². The normalized spacial score (nSPS) is 12.2. The van der Waals surface area contributed by atoms with Crippen molar-refractivity contribution in [3.05, 3.63) is 0 Å². The number of rotatable bonds is 5. The minimum atomic E-state index is -0.278. The van der Waals surface area contributed by atoms with Crippen LogP contribution >= 0.6 is 0 Å². The first kappa shape index (κ1) is 11.1. The highest BCUT2D eigenvalue weighted by atomic mass is 16.5. The lowest BCUT2D eigenvalue weighted by Crippen LogP contribution is -2.14. The number of ether oxygens (including phenoxy) is 1. The maximum atomic E-state index is 10.9. The summed E-state index contributed by atoms with van der Waals surface area (Å²) in [6.45, 7) is 5.26. The van der Waals surface area contributed by atoms with Crippen LogP contribution in [0.5, 0.6) is 0 Å². The Morgan fingerprint density at radius 3 is 2.33 bits per heavy atom. The second-order valence-corrected chi connectivity index (χ2v) is 2.91. The molecule has 0 aliphatic heterocycles. The van der Waals surface area contributed by atoms with Gasteiger partial charge in [-0.15, -0.1) is 0 Å². The molecule has 0 radical (unpaired) electrons. The summed E-state index contributed by atoms with van der Waals surface area (Å²) >= 11 is 0. The second kappa shape index (κ2) is 5.75. The van der Waals surface area contributed by atoms with Crippen LogP contribution in [0.25, 0.3) is 0 Å². The first-order valence-corrected chi connectivity index (χ1v) is 4.25. The Balaban J connectivity index is 3.53. The van der Waals surface area contributed by atoms with E-state index in [1.165, 1.54) is 6.92 Å². The molecule has 0 aromatic rings. The highest BCUT2D eigenvalue weighted by molar-refractivity contribution is 5.80. The van der Waals surface area contributed by atoms with Gasteiger partial charge in [-0.2, -0.15) is 0 Å².